The zero-order valence-electron chi connectivity index (χ0n) is 18.8. The molecular formula is C22H37N5O2. The molecule has 0 saturated heterocycles. The lowest BCUT2D eigenvalue weighted by atomic mass is 10.1. The van der Waals surface area contributed by atoms with E-state index in [1.807, 2.05) is 68.9 Å². The molecule has 2 aromatic rings. The smallest absolute Gasteiger partial charge is 0.356 e. The standard InChI is InChI=1S/C18H25N5O2.2C2H6/c1-18(2,3)25-17(24)16(19)13-22(20)11-14-5-7-15(8-6-14)12-23-10-4-9-21-23;2*1-2/h4-10,13H,11-12,19-20H2,1-3H3;2*1-2H3/b16-13-;;. The fourth-order valence-corrected chi connectivity index (χ4v) is 2.16. The number of hydrogen-bond acceptors (Lipinski definition) is 6. The summed E-state index contributed by atoms with van der Waals surface area (Å²) < 4.78 is 7.05. The molecule has 0 aliphatic heterocycles. The largest absolute Gasteiger partial charge is 0.455 e. The first kappa shape index (κ1) is 26.2. The third-order valence-electron chi connectivity index (χ3n) is 3.23. The number of rotatable bonds is 6. The van der Waals surface area contributed by atoms with Gasteiger partial charge in [0.25, 0.3) is 0 Å². The van der Waals surface area contributed by atoms with Crippen LogP contribution in [-0.2, 0) is 22.6 Å². The zero-order valence-corrected chi connectivity index (χ0v) is 18.8. The van der Waals surface area contributed by atoms with E-state index >= 15 is 0 Å². The molecule has 7 nitrogen and oxygen atoms in total. The van der Waals surface area contributed by atoms with Gasteiger partial charge in [-0.2, -0.15) is 5.10 Å². The average Bonchev–Trinajstić information content (AvgIpc) is 3.18. The van der Waals surface area contributed by atoms with Gasteiger partial charge in [-0.3, -0.25) is 4.68 Å². The van der Waals surface area contributed by atoms with Crippen molar-refractivity contribution in [3.8, 4) is 0 Å². The van der Waals surface area contributed by atoms with Crippen molar-refractivity contribution in [2.24, 2.45) is 11.6 Å². The van der Waals surface area contributed by atoms with Crippen LogP contribution in [0, 0.1) is 0 Å². The highest BCUT2D eigenvalue weighted by molar-refractivity contribution is 5.87. The zero-order chi connectivity index (χ0) is 22.4. The van der Waals surface area contributed by atoms with Crippen LogP contribution in [0.15, 0.2) is 54.6 Å². The Labute approximate surface area is 175 Å². The summed E-state index contributed by atoms with van der Waals surface area (Å²) in [6.45, 7) is 14.5. The minimum atomic E-state index is -0.598. The summed E-state index contributed by atoms with van der Waals surface area (Å²) in [5, 5.41) is 5.54. The second-order valence-electron chi connectivity index (χ2n) is 6.78. The van der Waals surface area contributed by atoms with Gasteiger partial charge in [-0.25, -0.2) is 10.6 Å². The van der Waals surface area contributed by atoms with Gasteiger partial charge in [-0.15, -0.1) is 0 Å². The number of carbonyl (C=O) groups is 1. The fourth-order valence-electron chi connectivity index (χ4n) is 2.16. The van der Waals surface area contributed by atoms with Gasteiger partial charge in [0.1, 0.15) is 11.3 Å². The average molecular weight is 404 g/mol. The van der Waals surface area contributed by atoms with E-state index in [9.17, 15) is 4.79 Å². The molecule has 0 fully saturated rings. The van der Waals surface area contributed by atoms with E-state index in [0.29, 0.717) is 13.1 Å². The van der Waals surface area contributed by atoms with Crippen LogP contribution >= 0.6 is 0 Å². The molecule has 2 rings (SSSR count). The van der Waals surface area contributed by atoms with Crippen LogP contribution in [0.5, 0.6) is 0 Å². The second-order valence-corrected chi connectivity index (χ2v) is 6.78. The SMILES string of the molecule is CC.CC.CC(C)(C)OC(=O)/C(N)=C/N(N)Cc1ccc(Cn2cccn2)cc1. The fraction of sp³-hybridized carbons (Fsp3) is 0.455. The lowest BCUT2D eigenvalue weighted by molar-refractivity contribution is -0.150. The maximum Gasteiger partial charge on any atom is 0.356 e. The third-order valence-corrected chi connectivity index (χ3v) is 3.23. The Morgan fingerprint density at radius 2 is 1.69 bits per heavy atom. The molecule has 0 radical (unpaired) electrons. The first-order chi connectivity index (χ1) is 13.7. The van der Waals surface area contributed by atoms with Gasteiger partial charge in [-0.05, 0) is 38.0 Å². The summed E-state index contributed by atoms with van der Waals surface area (Å²) in [5.74, 6) is 5.33. The lowest BCUT2D eigenvalue weighted by Gasteiger charge is -2.20. The minimum Gasteiger partial charge on any atom is -0.455 e. The first-order valence-corrected chi connectivity index (χ1v) is 10.0. The molecule has 162 valence electrons. The lowest BCUT2D eigenvalue weighted by Crippen LogP contribution is -2.31. The molecule has 0 bridgehead atoms. The minimum absolute atomic E-state index is 0.0345. The van der Waals surface area contributed by atoms with Crippen molar-refractivity contribution in [1.82, 2.24) is 14.8 Å². The number of hydrogen-bond donors (Lipinski definition) is 2. The predicted molar refractivity (Wildman–Crippen MR) is 118 cm³/mol. The van der Waals surface area contributed by atoms with Gasteiger partial charge < -0.3 is 15.5 Å². The highest BCUT2D eigenvalue weighted by atomic mass is 16.6. The van der Waals surface area contributed by atoms with Crippen molar-refractivity contribution in [3.63, 3.8) is 0 Å². The number of hydrazine groups is 1. The van der Waals surface area contributed by atoms with Crippen LogP contribution in [0.3, 0.4) is 0 Å². The number of esters is 1. The summed E-state index contributed by atoms with van der Waals surface area (Å²) in [5.41, 5.74) is 7.24. The van der Waals surface area contributed by atoms with Gasteiger partial charge in [0, 0.05) is 18.6 Å². The highest BCUT2D eigenvalue weighted by Crippen LogP contribution is 2.10. The van der Waals surface area contributed by atoms with E-state index in [1.54, 1.807) is 27.0 Å². The summed E-state index contributed by atoms with van der Waals surface area (Å²) >= 11 is 0. The van der Waals surface area contributed by atoms with Crippen LogP contribution in [0.25, 0.3) is 0 Å². The van der Waals surface area contributed by atoms with Gasteiger partial charge in [0.2, 0.25) is 0 Å². The number of benzene rings is 1. The molecule has 0 amide bonds. The Kier molecular flexibility index (Phi) is 12.1. The molecule has 4 N–H and O–H groups in total. The van der Waals surface area contributed by atoms with E-state index in [4.69, 9.17) is 16.3 Å². The Hall–Kier alpha value is -2.80. The molecule has 1 aromatic carbocycles. The van der Waals surface area contributed by atoms with Crippen molar-refractivity contribution >= 4 is 5.97 Å². The van der Waals surface area contributed by atoms with Crippen molar-refractivity contribution < 1.29 is 9.53 Å². The van der Waals surface area contributed by atoms with Crippen LogP contribution in [-0.4, -0.2) is 26.4 Å². The molecule has 0 aliphatic carbocycles. The van der Waals surface area contributed by atoms with E-state index in [0.717, 1.165) is 11.1 Å². The van der Waals surface area contributed by atoms with Gasteiger partial charge in [0.05, 0.1) is 13.1 Å². The van der Waals surface area contributed by atoms with Crippen LogP contribution < -0.4 is 11.6 Å². The normalized spacial score (nSPS) is 10.8. The van der Waals surface area contributed by atoms with Crippen molar-refractivity contribution in [3.05, 3.63) is 65.7 Å². The third kappa shape index (κ3) is 10.9. The van der Waals surface area contributed by atoms with Gasteiger partial charge in [-0.1, -0.05) is 52.0 Å². The molecule has 0 spiro atoms. The molecular weight excluding hydrogens is 366 g/mol. The summed E-state index contributed by atoms with van der Waals surface area (Å²) in [6.07, 6.45) is 5.05. The topological polar surface area (TPSA) is 99.4 Å². The predicted octanol–water partition coefficient (Wildman–Crippen LogP) is 3.80. The number of carbonyl (C=O) groups excluding carboxylic acids is 1. The maximum atomic E-state index is 11.8. The molecule has 1 heterocycles. The molecule has 0 aliphatic rings. The molecule has 7 heteroatoms. The van der Waals surface area contributed by atoms with Crippen molar-refractivity contribution in [1.29, 1.82) is 0 Å². The second kappa shape index (κ2) is 13.4. The van der Waals surface area contributed by atoms with Crippen molar-refractivity contribution in [2.75, 3.05) is 0 Å². The van der Waals surface area contributed by atoms with E-state index in [-0.39, 0.29) is 5.70 Å². The Bertz CT molecular complexity index is 717. The van der Waals surface area contributed by atoms with Gasteiger partial charge in [0.15, 0.2) is 0 Å². The van der Waals surface area contributed by atoms with Crippen LogP contribution in [0.2, 0.25) is 0 Å². The summed E-state index contributed by atoms with van der Waals surface area (Å²) in [4.78, 5) is 11.8. The Morgan fingerprint density at radius 3 is 2.17 bits per heavy atom. The quantitative estimate of drug-likeness (QED) is 0.329. The van der Waals surface area contributed by atoms with E-state index in [1.165, 1.54) is 11.2 Å². The number of aromatic nitrogens is 2. The highest BCUT2D eigenvalue weighted by Gasteiger charge is 2.18. The summed E-state index contributed by atoms with van der Waals surface area (Å²) in [7, 11) is 0. The number of ether oxygens (including phenoxy) is 1. The van der Waals surface area contributed by atoms with Gasteiger partial charge >= 0.3 is 5.97 Å². The molecule has 29 heavy (non-hydrogen) atoms. The van der Waals surface area contributed by atoms with Crippen molar-refractivity contribution in [2.45, 2.75) is 67.2 Å². The van der Waals surface area contributed by atoms with E-state index in [2.05, 4.69) is 5.10 Å². The molecule has 0 saturated carbocycles. The summed E-state index contributed by atoms with van der Waals surface area (Å²) in [6, 6.07) is 9.89. The van der Waals surface area contributed by atoms with Crippen LogP contribution in [0.4, 0.5) is 0 Å². The molecule has 1 aromatic heterocycles. The maximum absolute atomic E-state index is 11.8. The Balaban J connectivity index is 0.00000184. The number of nitrogens with zero attached hydrogens (tertiary/aromatic N) is 3. The van der Waals surface area contributed by atoms with E-state index < -0.39 is 11.6 Å². The monoisotopic (exact) mass is 403 g/mol. The first-order valence-electron chi connectivity index (χ1n) is 10.0. The number of nitrogens with two attached hydrogens (primary N) is 2. The molecule has 0 atom stereocenters. The Morgan fingerprint density at radius 1 is 1.14 bits per heavy atom. The van der Waals surface area contributed by atoms with Crippen LogP contribution in [0.1, 0.15) is 59.6 Å². The molecule has 0 unspecified atom stereocenters.